The molecule has 0 saturated carbocycles. The van der Waals surface area contributed by atoms with Crippen molar-refractivity contribution in [1.82, 2.24) is 24.4 Å². The van der Waals surface area contributed by atoms with Crippen molar-refractivity contribution in [1.29, 1.82) is 0 Å². The quantitative estimate of drug-likeness (QED) is 0.526. The third-order valence-electron chi connectivity index (χ3n) is 5.55. The lowest BCUT2D eigenvalue weighted by atomic mass is 10.0. The number of thiazole rings is 1. The molecular formula is C22H24N6S. The summed E-state index contributed by atoms with van der Waals surface area (Å²) in [5, 5.41) is 6.91. The first kappa shape index (κ1) is 18.3. The first-order valence-corrected chi connectivity index (χ1v) is 11.0. The van der Waals surface area contributed by atoms with Gasteiger partial charge in [-0.15, -0.1) is 11.3 Å². The molecule has 4 heterocycles. The molecule has 0 spiro atoms. The zero-order valence-corrected chi connectivity index (χ0v) is 17.1. The van der Waals surface area contributed by atoms with E-state index in [1.165, 1.54) is 11.3 Å². The summed E-state index contributed by atoms with van der Waals surface area (Å²) in [6, 6.07) is 13.0. The Hall–Kier alpha value is -2.77. The Morgan fingerprint density at radius 2 is 1.86 bits per heavy atom. The zero-order chi connectivity index (χ0) is 19.5. The molecule has 6 nitrogen and oxygen atoms in total. The average Bonchev–Trinajstić information content (AvgIpc) is 3.41. The van der Waals surface area contributed by atoms with Crippen molar-refractivity contribution in [2.24, 2.45) is 0 Å². The van der Waals surface area contributed by atoms with E-state index in [1.807, 2.05) is 11.6 Å². The Labute approximate surface area is 174 Å². The van der Waals surface area contributed by atoms with Crippen molar-refractivity contribution in [3.05, 3.63) is 71.1 Å². The number of fused-ring (bicyclic) bond motifs is 1. The van der Waals surface area contributed by atoms with E-state index < -0.39 is 0 Å². The van der Waals surface area contributed by atoms with Crippen LogP contribution in [0.1, 0.15) is 24.1 Å². The minimum atomic E-state index is 0.442. The molecular weight excluding hydrogens is 380 g/mol. The normalized spacial score (nSPS) is 15.7. The van der Waals surface area contributed by atoms with E-state index in [4.69, 9.17) is 0 Å². The van der Waals surface area contributed by atoms with Gasteiger partial charge in [-0.05, 0) is 24.5 Å². The number of likely N-dealkylation sites (tertiary alicyclic amines) is 1. The molecule has 0 aliphatic carbocycles. The Kier molecular flexibility index (Phi) is 5.23. The van der Waals surface area contributed by atoms with E-state index in [9.17, 15) is 0 Å². The Bertz CT molecular complexity index is 1050. The summed E-state index contributed by atoms with van der Waals surface area (Å²) >= 11 is 1.67. The van der Waals surface area contributed by atoms with E-state index in [1.54, 1.807) is 17.7 Å². The second-order valence-corrected chi connectivity index (χ2v) is 8.28. The summed E-state index contributed by atoms with van der Waals surface area (Å²) in [5.74, 6) is 0.944. The molecule has 4 aromatic rings. The highest BCUT2D eigenvalue weighted by Gasteiger charge is 2.21. The van der Waals surface area contributed by atoms with Gasteiger partial charge in [-0.3, -0.25) is 4.90 Å². The van der Waals surface area contributed by atoms with Gasteiger partial charge in [-0.1, -0.05) is 30.3 Å². The number of nitrogens with zero attached hydrogens (tertiary/aromatic N) is 5. The van der Waals surface area contributed by atoms with Gasteiger partial charge in [0.25, 0.3) is 0 Å². The first-order valence-electron chi connectivity index (χ1n) is 10.0. The minimum Gasteiger partial charge on any atom is -0.367 e. The van der Waals surface area contributed by atoms with Crippen LogP contribution in [-0.2, 0) is 13.1 Å². The third-order valence-corrected chi connectivity index (χ3v) is 6.18. The van der Waals surface area contributed by atoms with Crippen LogP contribution >= 0.6 is 11.3 Å². The van der Waals surface area contributed by atoms with Crippen LogP contribution in [0.15, 0.2) is 59.8 Å². The van der Waals surface area contributed by atoms with E-state index >= 15 is 0 Å². The summed E-state index contributed by atoms with van der Waals surface area (Å²) in [7, 11) is 0. The van der Waals surface area contributed by atoms with E-state index in [0.29, 0.717) is 6.04 Å². The van der Waals surface area contributed by atoms with Crippen LogP contribution in [0, 0.1) is 0 Å². The molecule has 1 N–H and O–H groups in total. The van der Waals surface area contributed by atoms with Crippen LogP contribution in [0.2, 0.25) is 0 Å². The van der Waals surface area contributed by atoms with Crippen LogP contribution in [0.25, 0.3) is 11.0 Å². The zero-order valence-electron chi connectivity index (χ0n) is 16.2. The van der Waals surface area contributed by atoms with Crippen molar-refractivity contribution in [2.45, 2.75) is 32.0 Å². The van der Waals surface area contributed by atoms with Gasteiger partial charge in [-0.2, -0.15) is 0 Å². The van der Waals surface area contributed by atoms with Crippen LogP contribution in [0.3, 0.4) is 0 Å². The number of hydrogen-bond donors (Lipinski definition) is 1. The topological polar surface area (TPSA) is 58.9 Å². The largest absolute Gasteiger partial charge is 0.367 e. The number of piperidine rings is 1. The van der Waals surface area contributed by atoms with Gasteiger partial charge in [0.15, 0.2) is 0 Å². The molecule has 0 bridgehead atoms. The lowest BCUT2D eigenvalue weighted by molar-refractivity contribution is 0.209. The number of hydrogen-bond acceptors (Lipinski definition) is 6. The van der Waals surface area contributed by atoms with E-state index in [0.717, 1.165) is 55.9 Å². The molecule has 0 amide bonds. The summed E-state index contributed by atoms with van der Waals surface area (Å²) in [5.41, 5.74) is 5.34. The molecule has 29 heavy (non-hydrogen) atoms. The van der Waals surface area contributed by atoms with Crippen molar-refractivity contribution in [3.8, 4) is 0 Å². The molecule has 3 aromatic heterocycles. The summed E-state index contributed by atoms with van der Waals surface area (Å²) < 4.78 is 2.19. The van der Waals surface area contributed by atoms with Crippen LogP contribution in [0.4, 0.5) is 5.82 Å². The third kappa shape index (κ3) is 4.16. The second kappa shape index (κ2) is 8.31. The fraction of sp³-hybridized carbons (Fsp3) is 0.318. The maximum atomic E-state index is 4.54. The van der Waals surface area contributed by atoms with Gasteiger partial charge in [0, 0.05) is 43.8 Å². The van der Waals surface area contributed by atoms with E-state index in [2.05, 4.69) is 71.6 Å². The fourth-order valence-corrected chi connectivity index (χ4v) is 4.55. The summed E-state index contributed by atoms with van der Waals surface area (Å²) in [6.45, 7) is 3.93. The van der Waals surface area contributed by atoms with Gasteiger partial charge < -0.3 is 9.88 Å². The maximum absolute atomic E-state index is 4.54. The number of aromatic nitrogens is 4. The Morgan fingerprint density at radius 3 is 2.66 bits per heavy atom. The van der Waals surface area contributed by atoms with Crippen molar-refractivity contribution < 1.29 is 0 Å². The monoisotopic (exact) mass is 404 g/mol. The van der Waals surface area contributed by atoms with Crippen molar-refractivity contribution in [2.75, 3.05) is 18.4 Å². The second-order valence-electron chi connectivity index (χ2n) is 7.56. The molecule has 1 aromatic carbocycles. The number of rotatable bonds is 6. The molecule has 1 aliphatic rings. The SMILES string of the molecule is c1ccc(Cn2ccc3c(NC4CCN(Cc5cscn5)CC4)ncnc32)cc1. The molecule has 0 atom stereocenters. The molecule has 1 aliphatic heterocycles. The smallest absolute Gasteiger partial charge is 0.145 e. The van der Waals surface area contributed by atoms with Gasteiger partial charge in [-0.25, -0.2) is 15.0 Å². The highest BCUT2D eigenvalue weighted by atomic mass is 32.1. The van der Waals surface area contributed by atoms with Gasteiger partial charge in [0.1, 0.15) is 17.8 Å². The van der Waals surface area contributed by atoms with Crippen molar-refractivity contribution >= 4 is 28.2 Å². The predicted octanol–water partition coefficient (Wildman–Crippen LogP) is 4.01. The molecule has 1 fully saturated rings. The maximum Gasteiger partial charge on any atom is 0.145 e. The van der Waals surface area contributed by atoms with Gasteiger partial charge in [0.2, 0.25) is 0 Å². The molecule has 1 saturated heterocycles. The Morgan fingerprint density at radius 1 is 1.00 bits per heavy atom. The van der Waals surface area contributed by atoms with Gasteiger partial charge in [0.05, 0.1) is 16.6 Å². The average molecular weight is 405 g/mol. The number of benzene rings is 1. The highest BCUT2D eigenvalue weighted by Crippen LogP contribution is 2.24. The molecule has 0 radical (unpaired) electrons. The number of anilines is 1. The molecule has 148 valence electrons. The lowest BCUT2D eigenvalue weighted by Crippen LogP contribution is -2.38. The molecule has 5 rings (SSSR count). The highest BCUT2D eigenvalue weighted by molar-refractivity contribution is 7.07. The van der Waals surface area contributed by atoms with Gasteiger partial charge >= 0.3 is 0 Å². The molecule has 7 heteroatoms. The van der Waals surface area contributed by atoms with Crippen LogP contribution < -0.4 is 5.32 Å². The van der Waals surface area contributed by atoms with Crippen LogP contribution in [0.5, 0.6) is 0 Å². The van der Waals surface area contributed by atoms with E-state index in [-0.39, 0.29) is 0 Å². The van der Waals surface area contributed by atoms with Crippen LogP contribution in [-0.4, -0.2) is 43.6 Å². The number of nitrogens with one attached hydrogen (secondary N) is 1. The summed E-state index contributed by atoms with van der Waals surface area (Å²) in [6.07, 6.45) is 6.00. The first-order chi connectivity index (χ1) is 14.3. The van der Waals surface area contributed by atoms with Crippen molar-refractivity contribution in [3.63, 3.8) is 0 Å². The fourth-order valence-electron chi connectivity index (χ4n) is 4.00. The summed E-state index contributed by atoms with van der Waals surface area (Å²) in [4.78, 5) is 16.0. The molecule has 0 unspecified atom stereocenters. The minimum absolute atomic E-state index is 0.442. The predicted molar refractivity (Wildman–Crippen MR) is 117 cm³/mol. The lowest BCUT2D eigenvalue weighted by Gasteiger charge is -2.32. The standard InChI is InChI=1S/C22H24N6S/c1-2-4-17(5-3-1)12-28-11-8-20-21(23-15-24-22(20)28)26-18-6-9-27(10-7-18)13-19-14-29-16-25-19/h1-5,8,11,14-16,18H,6-7,9-10,12-13H2,(H,23,24,26). The Balaban J connectivity index is 1.25.